The van der Waals surface area contributed by atoms with Gasteiger partial charge < -0.3 is 15.4 Å². The average Bonchev–Trinajstić information content (AvgIpc) is 2.35. The van der Waals surface area contributed by atoms with Gasteiger partial charge in [-0.15, -0.1) is 0 Å². The first-order chi connectivity index (χ1) is 10.6. The highest BCUT2D eigenvalue weighted by Crippen LogP contribution is 2.29. The van der Waals surface area contributed by atoms with Crippen molar-refractivity contribution in [1.29, 1.82) is 0 Å². The summed E-state index contributed by atoms with van der Waals surface area (Å²) in [6.07, 6.45) is 1.31. The lowest BCUT2D eigenvalue weighted by Gasteiger charge is -2.45. The van der Waals surface area contributed by atoms with Gasteiger partial charge in [0.25, 0.3) is 0 Å². The normalized spacial score (nSPS) is 22.2. The molecule has 1 aliphatic heterocycles. The Morgan fingerprint density at radius 1 is 1.35 bits per heavy atom. The maximum absolute atomic E-state index is 12.4. The highest BCUT2D eigenvalue weighted by Gasteiger charge is 2.36. The highest BCUT2D eigenvalue weighted by atomic mass is 35.5. The summed E-state index contributed by atoms with van der Waals surface area (Å²) in [5.74, 6) is 0.698. The number of aromatic nitrogens is 1. The van der Waals surface area contributed by atoms with E-state index in [9.17, 15) is 4.79 Å². The van der Waals surface area contributed by atoms with Crippen molar-refractivity contribution < 1.29 is 9.53 Å². The van der Waals surface area contributed by atoms with Crippen LogP contribution in [0.2, 0.25) is 5.02 Å². The van der Waals surface area contributed by atoms with Gasteiger partial charge in [0.05, 0.1) is 29.0 Å². The summed E-state index contributed by atoms with van der Waals surface area (Å²) in [4.78, 5) is 20.6. The van der Waals surface area contributed by atoms with E-state index in [0.29, 0.717) is 29.6 Å². The number of carbonyl (C=O) groups excluding carboxylic acids is 1. The number of halogens is 1. The standard InChI is InChI=1S/C16H25ClN4O2/c1-10-8-20(14-13(17)6-12(18)7-19-14)9-11(2)21(10)15(22)23-16(3,4)5/h6-7,10-11H,8-9,18H2,1-5H3/t10-,11+. The van der Waals surface area contributed by atoms with Crippen molar-refractivity contribution in [3.63, 3.8) is 0 Å². The van der Waals surface area contributed by atoms with Crippen molar-refractivity contribution in [2.24, 2.45) is 0 Å². The fourth-order valence-electron chi connectivity index (χ4n) is 2.85. The minimum atomic E-state index is -0.504. The second kappa shape index (κ2) is 6.43. The number of ether oxygens (including phenoxy) is 1. The summed E-state index contributed by atoms with van der Waals surface area (Å²) >= 11 is 6.25. The number of pyridine rings is 1. The maximum atomic E-state index is 12.4. The summed E-state index contributed by atoms with van der Waals surface area (Å²) in [7, 11) is 0. The predicted molar refractivity (Wildman–Crippen MR) is 92.9 cm³/mol. The van der Waals surface area contributed by atoms with Crippen molar-refractivity contribution in [2.45, 2.75) is 52.3 Å². The lowest BCUT2D eigenvalue weighted by molar-refractivity contribution is 0.00561. The molecule has 0 aromatic carbocycles. The van der Waals surface area contributed by atoms with Gasteiger partial charge in [0, 0.05) is 13.1 Å². The molecule has 0 aliphatic carbocycles. The van der Waals surface area contributed by atoms with Crippen molar-refractivity contribution in [3.8, 4) is 0 Å². The molecule has 2 rings (SSSR count). The second-order valence-corrected chi connectivity index (χ2v) is 7.47. The second-order valence-electron chi connectivity index (χ2n) is 7.06. The number of hydrogen-bond donors (Lipinski definition) is 1. The monoisotopic (exact) mass is 340 g/mol. The Bertz CT molecular complexity index is 576. The molecule has 0 saturated carbocycles. The van der Waals surface area contributed by atoms with Gasteiger partial charge in [-0.1, -0.05) is 11.6 Å². The van der Waals surface area contributed by atoms with Crippen molar-refractivity contribution in [3.05, 3.63) is 17.3 Å². The van der Waals surface area contributed by atoms with Gasteiger partial charge in [-0.2, -0.15) is 0 Å². The number of nitrogens with zero attached hydrogens (tertiary/aromatic N) is 3. The maximum Gasteiger partial charge on any atom is 0.410 e. The molecule has 0 unspecified atom stereocenters. The number of nitrogens with two attached hydrogens (primary N) is 1. The van der Waals surface area contributed by atoms with Crippen LogP contribution < -0.4 is 10.6 Å². The fraction of sp³-hybridized carbons (Fsp3) is 0.625. The van der Waals surface area contributed by atoms with Crippen LogP contribution in [-0.2, 0) is 4.74 Å². The van der Waals surface area contributed by atoms with Crippen LogP contribution in [-0.4, -0.2) is 46.8 Å². The van der Waals surface area contributed by atoms with Crippen molar-refractivity contribution in [1.82, 2.24) is 9.88 Å². The van der Waals surface area contributed by atoms with E-state index >= 15 is 0 Å². The fourth-order valence-corrected chi connectivity index (χ4v) is 3.14. The summed E-state index contributed by atoms with van der Waals surface area (Å²) in [5, 5.41) is 0.523. The number of carbonyl (C=O) groups is 1. The third-order valence-electron chi connectivity index (χ3n) is 3.67. The number of amides is 1. The van der Waals surface area contributed by atoms with E-state index in [1.54, 1.807) is 17.2 Å². The van der Waals surface area contributed by atoms with Gasteiger partial charge in [0.15, 0.2) is 0 Å². The largest absolute Gasteiger partial charge is 0.444 e. The first-order valence-electron chi connectivity index (χ1n) is 7.76. The minimum Gasteiger partial charge on any atom is -0.444 e. The Morgan fingerprint density at radius 3 is 2.39 bits per heavy atom. The zero-order valence-electron chi connectivity index (χ0n) is 14.3. The SMILES string of the molecule is C[C@@H]1CN(c2ncc(N)cc2Cl)C[C@H](C)N1C(=O)OC(C)(C)C. The van der Waals surface area contributed by atoms with Crippen LogP contribution in [0.1, 0.15) is 34.6 Å². The number of piperazine rings is 1. The van der Waals surface area contributed by atoms with Crippen LogP contribution >= 0.6 is 11.6 Å². The molecule has 6 nitrogen and oxygen atoms in total. The zero-order valence-corrected chi connectivity index (χ0v) is 15.1. The number of anilines is 2. The van der Waals surface area contributed by atoms with Crippen molar-refractivity contribution >= 4 is 29.2 Å². The lowest BCUT2D eigenvalue weighted by Crippen LogP contribution is -2.59. The van der Waals surface area contributed by atoms with E-state index in [2.05, 4.69) is 9.88 Å². The molecule has 1 amide bonds. The van der Waals surface area contributed by atoms with Crippen LogP contribution in [0.4, 0.5) is 16.3 Å². The third kappa shape index (κ3) is 4.19. The Labute approximate surface area is 142 Å². The van der Waals surface area contributed by atoms with Gasteiger partial charge in [-0.25, -0.2) is 9.78 Å². The van der Waals surface area contributed by atoms with E-state index in [4.69, 9.17) is 22.1 Å². The molecule has 23 heavy (non-hydrogen) atoms. The van der Waals surface area contributed by atoms with Crippen LogP contribution in [0.25, 0.3) is 0 Å². The molecular weight excluding hydrogens is 316 g/mol. The number of rotatable bonds is 1. The molecule has 7 heteroatoms. The number of hydrogen-bond acceptors (Lipinski definition) is 5. The topological polar surface area (TPSA) is 71.7 Å². The average molecular weight is 341 g/mol. The van der Waals surface area contributed by atoms with Crippen molar-refractivity contribution in [2.75, 3.05) is 23.7 Å². The molecule has 2 atom stereocenters. The van der Waals surface area contributed by atoms with Gasteiger partial charge in [0.2, 0.25) is 0 Å². The quantitative estimate of drug-likeness (QED) is 0.850. The summed E-state index contributed by atoms with van der Waals surface area (Å²) < 4.78 is 5.51. The Hall–Kier alpha value is -1.69. The highest BCUT2D eigenvalue weighted by molar-refractivity contribution is 6.33. The van der Waals surface area contributed by atoms with E-state index in [1.807, 2.05) is 34.6 Å². The smallest absolute Gasteiger partial charge is 0.410 e. The van der Waals surface area contributed by atoms with Crippen LogP contribution in [0.3, 0.4) is 0 Å². The van der Waals surface area contributed by atoms with Crippen LogP contribution in [0.15, 0.2) is 12.3 Å². The first kappa shape index (κ1) is 17.7. The Kier molecular flexibility index (Phi) is 4.94. The Morgan fingerprint density at radius 2 is 1.91 bits per heavy atom. The summed E-state index contributed by atoms with van der Waals surface area (Å²) in [6.45, 7) is 10.9. The molecule has 0 bridgehead atoms. The van der Waals surface area contributed by atoms with E-state index in [0.717, 1.165) is 0 Å². The predicted octanol–water partition coefficient (Wildman–Crippen LogP) is 3.15. The molecule has 0 spiro atoms. The first-order valence-corrected chi connectivity index (χ1v) is 8.13. The van der Waals surface area contributed by atoms with Gasteiger partial charge in [-0.05, 0) is 40.7 Å². The zero-order chi connectivity index (χ0) is 17.4. The number of nitrogen functional groups attached to an aromatic ring is 1. The molecule has 1 saturated heterocycles. The van der Waals surface area contributed by atoms with Gasteiger partial charge in [-0.3, -0.25) is 4.90 Å². The lowest BCUT2D eigenvalue weighted by atomic mass is 10.1. The van der Waals surface area contributed by atoms with Crippen LogP contribution in [0, 0.1) is 0 Å². The molecular formula is C16H25ClN4O2. The van der Waals surface area contributed by atoms with Gasteiger partial charge in [0.1, 0.15) is 11.4 Å². The molecule has 1 aliphatic rings. The molecule has 128 valence electrons. The molecule has 0 radical (unpaired) electrons. The molecule has 1 aromatic rings. The molecule has 1 fully saturated rings. The summed E-state index contributed by atoms with van der Waals surface area (Å²) in [5.41, 5.74) is 5.73. The Balaban J connectivity index is 2.14. The summed E-state index contributed by atoms with van der Waals surface area (Å²) in [6, 6.07) is 1.67. The van der Waals surface area contributed by atoms with E-state index in [1.165, 1.54) is 0 Å². The molecule has 2 N–H and O–H groups in total. The van der Waals surface area contributed by atoms with E-state index in [-0.39, 0.29) is 18.2 Å². The van der Waals surface area contributed by atoms with Gasteiger partial charge >= 0.3 is 6.09 Å². The minimum absolute atomic E-state index is 0.0102. The third-order valence-corrected chi connectivity index (χ3v) is 3.94. The molecule has 1 aromatic heterocycles. The van der Waals surface area contributed by atoms with Crippen LogP contribution in [0.5, 0.6) is 0 Å². The molecule has 2 heterocycles. The van der Waals surface area contributed by atoms with E-state index < -0.39 is 5.60 Å².